The maximum absolute atomic E-state index is 3.75. The highest BCUT2D eigenvalue weighted by molar-refractivity contribution is 7.99. The Morgan fingerprint density at radius 2 is 2.56 bits per heavy atom. The second-order valence-electron chi connectivity index (χ2n) is 1.57. The summed E-state index contributed by atoms with van der Waals surface area (Å²) in [7, 11) is 1.81. The van der Waals surface area contributed by atoms with Gasteiger partial charge in [0, 0.05) is 13.3 Å². The minimum Gasteiger partial charge on any atom is -0.232 e. The van der Waals surface area contributed by atoms with Crippen LogP contribution in [0.1, 0.15) is 5.82 Å². The van der Waals surface area contributed by atoms with Crippen LogP contribution in [0.3, 0.4) is 0 Å². The van der Waals surface area contributed by atoms with Crippen LogP contribution in [0.2, 0.25) is 0 Å². The van der Waals surface area contributed by atoms with Crippen LogP contribution >= 0.6 is 11.8 Å². The fraction of sp³-hybridized carbons (Fsp3) is 0.500. The fourth-order valence-corrected chi connectivity index (χ4v) is 0.889. The largest absolute Gasteiger partial charge is 0.232 e. The number of nitrogens with zero attached hydrogens (tertiary/aromatic N) is 4. The molecule has 4 nitrogen and oxygen atoms in total. The molecule has 0 aliphatic carbocycles. The predicted molar refractivity (Wildman–Crippen MR) is 35.4 cm³/mol. The molecule has 1 radical (unpaired) electrons. The van der Waals surface area contributed by atoms with E-state index >= 15 is 0 Å². The van der Waals surface area contributed by atoms with Gasteiger partial charge in [-0.1, -0.05) is 0 Å². The van der Waals surface area contributed by atoms with E-state index in [9.17, 15) is 0 Å². The van der Waals surface area contributed by atoms with Crippen molar-refractivity contribution in [1.82, 2.24) is 20.2 Å². The Morgan fingerprint density at radius 3 is 3.00 bits per heavy atom. The second kappa shape index (κ2) is 2.82. The lowest BCUT2D eigenvalue weighted by Gasteiger charge is -1.91. The van der Waals surface area contributed by atoms with Crippen molar-refractivity contribution in [1.29, 1.82) is 0 Å². The van der Waals surface area contributed by atoms with Gasteiger partial charge in [-0.2, -0.15) is 11.8 Å². The van der Waals surface area contributed by atoms with Gasteiger partial charge in [-0.05, 0) is 10.4 Å². The smallest absolute Gasteiger partial charge is 0.160 e. The summed E-state index contributed by atoms with van der Waals surface area (Å²) in [5, 5.41) is 10.9. The quantitative estimate of drug-likeness (QED) is 0.594. The molecule has 0 saturated carbocycles. The van der Waals surface area contributed by atoms with Crippen molar-refractivity contribution in [3.8, 4) is 0 Å². The Bertz CT molecular complexity index is 184. The molecule has 5 heteroatoms. The van der Waals surface area contributed by atoms with E-state index in [4.69, 9.17) is 0 Å². The molecule has 0 atom stereocenters. The molecule has 1 aromatic rings. The van der Waals surface area contributed by atoms with Gasteiger partial charge in [0.25, 0.3) is 0 Å². The average Bonchev–Trinajstić information content (AvgIpc) is 2.18. The summed E-state index contributed by atoms with van der Waals surface area (Å²) in [5.74, 6) is 1.62. The van der Waals surface area contributed by atoms with Crippen molar-refractivity contribution >= 4 is 11.8 Å². The predicted octanol–water partition coefficient (Wildman–Crippen LogP) is 0.235. The fourth-order valence-electron chi connectivity index (χ4n) is 0.462. The second-order valence-corrected chi connectivity index (χ2v) is 2.26. The highest BCUT2D eigenvalue weighted by Crippen LogP contribution is 2.03. The van der Waals surface area contributed by atoms with Crippen LogP contribution in [-0.2, 0) is 12.8 Å². The number of rotatable bonds is 2. The third-order valence-electron chi connectivity index (χ3n) is 0.939. The number of thioether (sulfide) groups is 1. The molecule has 49 valence electrons. The molecular formula is C4H7N4S. The summed E-state index contributed by atoms with van der Waals surface area (Å²) in [4.78, 5) is 0. The molecule has 0 N–H and O–H groups in total. The molecule has 0 amide bonds. The van der Waals surface area contributed by atoms with Crippen LogP contribution in [0.25, 0.3) is 0 Å². The average molecular weight is 143 g/mol. The number of aryl methyl sites for hydroxylation is 1. The van der Waals surface area contributed by atoms with E-state index < -0.39 is 0 Å². The molecule has 0 unspecified atom stereocenters. The molecule has 0 bridgehead atoms. The minimum absolute atomic E-state index is 0.767. The lowest BCUT2D eigenvalue weighted by atomic mass is 10.7. The van der Waals surface area contributed by atoms with Gasteiger partial charge in [-0.25, -0.2) is 4.68 Å². The Labute approximate surface area is 57.6 Å². The van der Waals surface area contributed by atoms with Crippen LogP contribution < -0.4 is 0 Å². The van der Waals surface area contributed by atoms with E-state index in [0.29, 0.717) is 0 Å². The van der Waals surface area contributed by atoms with E-state index in [-0.39, 0.29) is 0 Å². The summed E-state index contributed by atoms with van der Waals surface area (Å²) < 4.78 is 1.64. The van der Waals surface area contributed by atoms with Crippen molar-refractivity contribution in [3.05, 3.63) is 12.1 Å². The summed E-state index contributed by atoms with van der Waals surface area (Å²) in [6.45, 7) is 0. The van der Waals surface area contributed by atoms with Gasteiger partial charge in [0.1, 0.15) is 0 Å². The van der Waals surface area contributed by atoms with Crippen molar-refractivity contribution in [2.24, 2.45) is 7.05 Å². The minimum atomic E-state index is 0.767. The lowest BCUT2D eigenvalue weighted by Crippen LogP contribution is -1.96. The van der Waals surface area contributed by atoms with E-state index in [1.165, 1.54) is 11.8 Å². The lowest BCUT2D eigenvalue weighted by molar-refractivity contribution is 0.693. The van der Waals surface area contributed by atoms with Gasteiger partial charge in [0.2, 0.25) is 0 Å². The third-order valence-corrected chi connectivity index (χ3v) is 1.40. The topological polar surface area (TPSA) is 43.6 Å². The van der Waals surface area contributed by atoms with Crippen molar-refractivity contribution in [2.75, 3.05) is 0 Å². The zero-order valence-electron chi connectivity index (χ0n) is 5.11. The van der Waals surface area contributed by atoms with E-state index in [2.05, 4.69) is 21.8 Å². The number of hydrogen-bond acceptors (Lipinski definition) is 4. The van der Waals surface area contributed by atoms with Gasteiger partial charge in [0.15, 0.2) is 5.82 Å². The summed E-state index contributed by atoms with van der Waals surface area (Å²) in [6, 6.07) is 0. The zero-order chi connectivity index (χ0) is 6.69. The Balaban J connectivity index is 2.69. The molecule has 0 spiro atoms. The van der Waals surface area contributed by atoms with Gasteiger partial charge in [-0.15, -0.1) is 5.10 Å². The molecular weight excluding hydrogens is 136 g/mol. The standard InChI is InChI=1S/C4H7N4S/c1-8-4(3-9-2)5-6-7-8/h2-3H2,1H3. The van der Waals surface area contributed by atoms with E-state index in [1.807, 2.05) is 7.05 Å². The third kappa shape index (κ3) is 1.41. The van der Waals surface area contributed by atoms with Gasteiger partial charge < -0.3 is 0 Å². The molecule has 1 rings (SSSR count). The first-order chi connectivity index (χ1) is 4.34. The molecule has 1 heterocycles. The maximum atomic E-state index is 3.75. The molecule has 0 aliphatic rings. The van der Waals surface area contributed by atoms with Crippen LogP contribution in [0, 0.1) is 6.26 Å². The molecule has 1 aromatic heterocycles. The molecule has 0 fully saturated rings. The Kier molecular flexibility index (Phi) is 2.05. The van der Waals surface area contributed by atoms with Crippen molar-refractivity contribution in [3.63, 3.8) is 0 Å². The molecule has 0 saturated heterocycles. The Morgan fingerprint density at radius 1 is 1.78 bits per heavy atom. The summed E-state index contributed by atoms with van der Waals surface area (Å²) >= 11 is 1.46. The van der Waals surface area contributed by atoms with Gasteiger partial charge in [0.05, 0.1) is 5.75 Å². The van der Waals surface area contributed by atoms with Crippen LogP contribution in [0.15, 0.2) is 0 Å². The maximum Gasteiger partial charge on any atom is 0.160 e. The first-order valence-corrected chi connectivity index (χ1v) is 3.58. The monoisotopic (exact) mass is 143 g/mol. The van der Waals surface area contributed by atoms with Gasteiger partial charge >= 0.3 is 0 Å². The van der Waals surface area contributed by atoms with Crippen LogP contribution in [-0.4, -0.2) is 20.2 Å². The van der Waals surface area contributed by atoms with E-state index in [1.54, 1.807) is 4.68 Å². The normalized spacial score (nSPS) is 10.0. The summed E-state index contributed by atoms with van der Waals surface area (Å²) in [5.41, 5.74) is 0. The Hall–Kier alpha value is -0.580. The van der Waals surface area contributed by atoms with Crippen LogP contribution in [0.4, 0.5) is 0 Å². The number of tetrazole rings is 1. The van der Waals surface area contributed by atoms with Crippen molar-refractivity contribution in [2.45, 2.75) is 5.75 Å². The first kappa shape index (κ1) is 6.54. The zero-order valence-corrected chi connectivity index (χ0v) is 5.93. The van der Waals surface area contributed by atoms with Crippen LogP contribution in [0.5, 0.6) is 0 Å². The molecule has 9 heavy (non-hydrogen) atoms. The summed E-state index contributed by atoms with van der Waals surface area (Å²) in [6.07, 6.45) is 3.61. The van der Waals surface area contributed by atoms with E-state index in [0.717, 1.165) is 11.6 Å². The highest BCUT2D eigenvalue weighted by atomic mass is 32.2. The van der Waals surface area contributed by atoms with Gasteiger partial charge in [-0.3, -0.25) is 0 Å². The highest BCUT2D eigenvalue weighted by Gasteiger charge is 1.97. The SMILES string of the molecule is [CH2]SCc1nnnn1C. The molecule has 0 aromatic carbocycles. The molecule has 0 aliphatic heterocycles. The number of aromatic nitrogens is 4. The number of hydrogen-bond donors (Lipinski definition) is 0. The van der Waals surface area contributed by atoms with Crippen molar-refractivity contribution < 1.29 is 0 Å². The first-order valence-electron chi connectivity index (χ1n) is 2.43.